The summed E-state index contributed by atoms with van der Waals surface area (Å²) < 4.78 is 0. The van der Waals surface area contributed by atoms with E-state index in [1.54, 1.807) is 12.1 Å². The van der Waals surface area contributed by atoms with E-state index in [0.29, 0.717) is 48.2 Å². The highest BCUT2D eigenvalue weighted by Gasteiger charge is 2.22. The van der Waals surface area contributed by atoms with Crippen molar-refractivity contribution in [1.82, 2.24) is 24.8 Å². The van der Waals surface area contributed by atoms with Crippen LogP contribution in [0.2, 0.25) is 0 Å². The van der Waals surface area contributed by atoms with Crippen LogP contribution in [0, 0.1) is 6.92 Å². The van der Waals surface area contributed by atoms with E-state index in [1.165, 1.54) is 11.9 Å². The highest BCUT2D eigenvalue weighted by molar-refractivity contribution is 6.05. The molecule has 0 unspecified atom stereocenters. The number of carbonyl (C=O) groups is 2. The van der Waals surface area contributed by atoms with Gasteiger partial charge in [-0.15, -0.1) is 0 Å². The third-order valence-corrected chi connectivity index (χ3v) is 7.87. The van der Waals surface area contributed by atoms with Gasteiger partial charge in [0.25, 0.3) is 11.8 Å². The van der Waals surface area contributed by atoms with Gasteiger partial charge in [-0.2, -0.15) is 4.98 Å². The number of aliphatic hydroxyl groups excluding tert-OH is 1. The first kappa shape index (κ1) is 30.8. The Hall–Kier alpha value is -4.67. The van der Waals surface area contributed by atoms with Crippen molar-refractivity contribution >= 4 is 29.1 Å². The predicted octanol–water partition coefficient (Wildman–Crippen LogP) is 4.89. The third kappa shape index (κ3) is 7.27. The Bertz CT molecular complexity index is 1610. The van der Waals surface area contributed by atoms with Crippen molar-refractivity contribution in [3.63, 3.8) is 0 Å². The molecule has 1 fully saturated rings. The number of anilines is 3. The molecular weight excluding hydrogens is 554 g/mol. The Balaban J connectivity index is 1.25. The fraction of sp³-hybridized carbons (Fsp3) is 0.324. The Kier molecular flexibility index (Phi) is 9.32. The van der Waals surface area contributed by atoms with Gasteiger partial charge in [-0.05, 0) is 65.9 Å². The molecule has 0 aliphatic carbocycles. The molecule has 0 spiro atoms. The van der Waals surface area contributed by atoms with E-state index in [-0.39, 0.29) is 23.8 Å². The number of nitrogens with one attached hydrogen (secondary N) is 2. The summed E-state index contributed by atoms with van der Waals surface area (Å²) in [6, 6.07) is 20.5. The number of nitrogens with zero attached hydrogens (tertiary/aromatic N) is 5. The van der Waals surface area contributed by atoms with E-state index in [2.05, 4.69) is 51.3 Å². The van der Waals surface area contributed by atoms with E-state index < -0.39 is 0 Å². The Morgan fingerprint density at radius 3 is 2.23 bits per heavy atom. The van der Waals surface area contributed by atoms with Gasteiger partial charge in [0.1, 0.15) is 6.33 Å². The van der Waals surface area contributed by atoms with E-state index in [0.717, 1.165) is 29.9 Å². The molecule has 3 aromatic carbocycles. The van der Waals surface area contributed by atoms with Gasteiger partial charge in [-0.1, -0.05) is 45.0 Å². The Morgan fingerprint density at radius 1 is 0.886 bits per heavy atom. The molecule has 44 heavy (non-hydrogen) atoms. The lowest BCUT2D eigenvalue weighted by atomic mass is 9.86. The van der Waals surface area contributed by atoms with Crippen molar-refractivity contribution in [1.29, 1.82) is 0 Å². The quantitative estimate of drug-likeness (QED) is 0.264. The molecule has 10 heteroatoms. The maximum absolute atomic E-state index is 13.0. The molecule has 1 saturated heterocycles. The fourth-order valence-electron chi connectivity index (χ4n) is 5.14. The molecule has 0 saturated carbocycles. The molecule has 0 atom stereocenters. The molecule has 2 heterocycles. The van der Waals surface area contributed by atoms with Crippen molar-refractivity contribution in [3.8, 4) is 11.4 Å². The number of β-amino-alcohol motifs (C(OH)–C–C–N with tert-alkyl or cyclic N) is 1. The van der Waals surface area contributed by atoms with Crippen molar-refractivity contribution in [3.05, 3.63) is 95.3 Å². The summed E-state index contributed by atoms with van der Waals surface area (Å²) in [5.41, 5.74) is 5.41. The minimum atomic E-state index is -0.186. The monoisotopic (exact) mass is 593 g/mol. The first-order valence-electron chi connectivity index (χ1n) is 14.8. The van der Waals surface area contributed by atoms with Gasteiger partial charge in [0.2, 0.25) is 5.95 Å². The summed E-state index contributed by atoms with van der Waals surface area (Å²) in [4.78, 5) is 43.3. The summed E-state index contributed by atoms with van der Waals surface area (Å²) in [6.07, 6.45) is 1.44. The summed E-state index contributed by atoms with van der Waals surface area (Å²) >= 11 is 0. The molecule has 4 aromatic rings. The number of benzene rings is 3. The average molecular weight is 594 g/mol. The smallest absolute Gasteiger partial charge is 0.255 e. The number of hydrogen-bond donors (Lipinski definition) is 3. The second-order valence-electron chi connectivity index (χ2n) is 12.0. The molecular formula is C34H39N7O3. The fourth-order valence-corrected chi connectivity index (χ4v) is 5.14. The SMILES string of the molecule is Cc1c(NC(=O)c2ccc(C(C)(C)C)cc2)cccc1-c1ncnc(Nc2ccc(C(=O)N3CCN(CCO)CC3)cc2)n1. The van der Waals surface area contributed by atoms with Crippen molar-refractivity contribution in [2.45, 2.75) is 33.1 Å². The first-order valence-corrected chi connectivity index (χ1v) is 14.8. The minimum Gasteiger partial charge on any atom is -0.395 e. The number of carbonyl (C=O) groups excluding carboxylic acids is 2. The van der Waals surface area contributed by atoms with E-state index in [1.807, 2.05) is 66.4 Å². The van der Waals surface area contributed by atoms with Gasteiger partial charge >= 0.3 is 0 Å². The van der Waals surface area contributed by atoms with Crippen LogP contribution in [0.4, 0.5) is 17.3 Å². The van der Waals surface area contributed by atoms with Crippen LogP contribution in [0.3, 0.4) is 0 Å². The average Bonchev–Trinajstić information content (AvgIpc) is 3.02. The summed E-state index contributed by atoms with van der Waals surface area (Å²) in [6.45, 7) is 11.9. The predicted molar refractivity (Wildman–Crippen MR) is 172 cm³/mol. The first-order chi connectivity index (χ1) is 21.1. The molecule has 2 amide bonds. The molecule has 0 bridgehead atoms. The lowest BCUT2D eigenvalue weighted by Gasteiger charge is -2.34. The van der Waals surface area contributed by atoms with Crippen LogP contribution in [-0.4, -0.2) is 81.0 Å². The van der Waals surface area contributed by atoms with Gasteiger partial charge in [-0.25, -0.2) is 9.97 Å². The van der Waals surface area contributed by atoms with Gasteiger partial charge in [0.15, 0.2) is 5.82 Å². The highest BCUT2D eigenvalue weighted by Crippen LogP contribution is 2.28. The van der Waals surface area contributed by atoms with Crippen molar-refractivity contribution in [2.75, 3.05) is 50.0 Å². The lowest BCUT2D eigenvalue weighted by molar-refractivity contribution is 0.0615. The Labute approximate surface area is 258 Å². The second kappa shape index (κ2) is 13.3. The summed E-state index contributed by atoms with van der Waals surface area (Å²) in [7, 11) is 0. The highest BCUT2D eigenvalue weighted by atomic mass is 16.3. The molecule has 5 rings (SSSR count). The number of aliphatic hydroxyl groups is 1. The number of rotatable bonds is 8. The van der Waals surface area contributed by atoms with Crippen molar-refractivity contribution < 1.29 is 14.7 Å². The molecule has 1 aromatic heterocycles. The van der Waals surface area contributed by atoms with Crippen LogP contribution in [0.15, 0.2) is 73.1 Å². The normalized spacial score (nSPS) is 13.9. The number of aromatic nitrogens is 3. The second-order valence-corrected chi connectivity index (χ2v) is 12.0. The van der Waals surface area contributed by atoms with Crippen LogP contribution < -0.4 is 10.6 Å². The van der Waals surface area contributed by atoms with Gasteiger partial charge in [0, 0.05) is 60.8 Å². The third-order valence-electron chi connectivity index (χ3n) is 7.87. The maximum atomic E-state index is 13.0. The topological polar surface area (TPSA) is 124 Å². The van der Waals surface area contributed by atoms with E-state index >= 15 is 0 Å². The molecule has 0 radical (unpaired) electrons. The lowest BCUT2D eigenvalue weighted by Crippen LogP contribution is -2.49. The molecule has 1 aliphatic rings. The van der Waals surface area contributed by atoms with Crippen LogP contribution in [0.1, 0.15) is 52.6 Å². The Morgan fingerprint density at radius 2 is 1.57 bits per heavy atom. The van der Waals surface area contributed by atoms with Gasteiger partial charge in [0.05, 0.1) is 6.61 Å². The van der Waals surface area contributed by atoms with Crippen LogP contribution in [0.5, 0.6) is 0 Å². The van der Waals surface area contributed by atoms with E-state index in [4.69, 9.17) is 5.11 Å². The number of amides is 2. The van der Waals surface area contributed by atoms with Gasteiger partial charge in [-0.3, -0.25) is 14.5 Å². The summed E-state index contributed by atoms with van der Waals surface area (Å²) in [5, 5.41) is 15.4. The van der Waals surface area contributed by atoms with Crippen molar-refractivity contribution in [2.24, 2.45) is 0 Å². The van der Waals surface area contributed by atoms with Crippen LogP contribution in [0.25, 0.3) is 11.4 Å². The van der Waals surface area contributed by atoms with Crippen LogP contribution in [-0.2, 0) is 5.41 Å². The number of hydrogen-bond acceptors (Lipinski definition) is 8. The maximum Gasteiger partial charge on any atom is 0.255 e. The molecule has 1 aliphatic heterocycles. The zero-order valence-electron chi connectivity index (χ0n) is 25.7. The minimum absolute atomic E-state index is 0.00739. The number of piperazine rings is 1. The molecule has 10 nitrogen and oxygen atoms in total. The standard InChI is InChI=1S/C34H39N7O3/c1-23-28(6-5-7-29(23)38-31(43)24-8-12-26(13-9-24)34(2,3)4)30-35-22-36-33(39-30)37-27-14-10-25(11-15-27)32(44)41-18-16-40(17-19-41)20-21-42/h5-15,22,42H,16-21H2,1-4H3,(H,38,43)(H,35,36,37,39). The zero-order valence-corrected chi connectivity index (χ0v) is 25.7. The zero-order chi connectivity index (χ0) is 31.3. The summed E-state index contributed by atoms with van der Waals surface area (Å²) in [5.74, 6) is 0.640. The van der Waals surface area contributed by atoms with Gasteiger partial charge < -0.3 is 20.6 Å². The molecule has 228 valence electrons. The molecule has 3 N–H and O–H groups in total. The largest absolute Gasteiger partial charge is 0.395 e. The van der Waals surface area contributed by atoms with E-state index in [9.17, 15) is 9.59 Å². The van der Waals surface area contributed by atoms with Crippen LogP contribution >= 0.6 is 0 Å².